The normalized spacial score (nSPS) is 27.5. The average molecular weight is 386 g/mol. The van der Waals surface area contributed by atoms with Crippen molar-refractivity contribution in [3.63, 3.8) is 0 Å². The van der Waals surface area contributed by atoms with E-state index in [1.807, 2.05) is 35.2 Å². The highest BCUT2D eigenvalue weighted by molar-refractivity contribution is 5.95. The predicted molar refractivity (Wildman–Crippen MR) is 107 cm³/mol. The quantitative estimate of drug-likeness (QED) is 0.730. The summed E-state index contributed by atoms with van der Waals surface area (Å²) in [5, 5.41) is 0. The lowest BCUT2D eigenvalue weighted by atomic mass is 9.77. The van der Waals surface area contributed by atoms with Crippen LogP contribution in [0.25, 0.3) is 0 Å². The van der Waals surface area contributed by atoms with Crippen molar-refractivity contribution in [3.05, 3.63) is 30.3 Å². The van der Waals surface area contributed by atoms with Crippen LogP contribution in [0.5, 0.6) is 0 Å². The van der Waals surface area contributed by atoms with E-state index in [1.54, 1.807) is 7.05 Å². The van der Waals surface area contributed by atoms with Crippen LogP contribution in [0.3, 0.4) is 0 Å². The summed E-state index contributed by atoms with van der Waals surface area (Å²) in [6, 6.07) is 9.41. The summed E-state index contributed by atoms with van der Waals surface area (Å²) >= 11 is 0. The third-order valence-electron chi connectivity index (χ3n) is 6.41. The number of anilines is 1. The molecule has 1 saturated heterocycles. The van der Waals surface area contributed by atoms with Gasteiger partial charge >= 0.3 is 5.97 Å². The first-order valence-corrected chi connectivity index (χ1v) is 10.2. The molecule has 28 heavy (non-hydrogen) atoms. The molecular formula is C22H30N2O4. The monoisotopic (exact) mass is 386 g/mol. The Morgan fingerprint density at radius 2 is 1.89 bits per heavy atom. The molecule has 1 aliphatic carbocycles. The predicted octanol–water partition coefficient (Wildman–Crippen LogP) is 2.87. The summed E-state index contributed by atoms with van der Waals surface area (Å²) in [4.78, 5) is 40.6. The summed E-state index contributed by atoms with van der Waals surface area (Å²) < 4.78 is 5.25. The van der Waals surface area contributed by atoms with Crippen LogP contribution in [0.2, 0.25) is 0 Å². The highest BCUT2D eigenvalue weighted by Gasteiger charge is 2.42. The van der Waals surface area contributed by atoms with Gasteiger partial charge in [-0.1, -0.05) is 44.9 Å². The minimum Gasteiger partial charge on any atom is -0.455 e. The molecule has 1 aromatic carbocycles. The van der Waals surface area contributed by atoms with Crippen molar-refractivity contribution in [3.8, 4) is 0 Å². The standard InChI is InChI=1S/C22H30N2O4/c1-15-8-7-11-19(16(15)2)24-13-17(12-20(24)25)22(27)28-14-21(26)23(3)18-9-5-4-6-10-18/h4-6,9-10,15-17,19H,7-8,11-14H2,1-3H3/t15-,16+,17+,19+/m0/s1. The third kappa shape index (κ3) is 4.37. The molecule has 6 nitrogen and oxygen atoms in total. The minimum atomic E-state index is -0.480. The summed E-state index contributed by atoms with van der Waals surface area (Å²) in [6.45, 7) is 4.53. The van der Waals surface area contributed by atoms with Gasteiger partial charge in [-0.15, -0.1) is 0 Å². The van der Waals surface area contributed by atoms with Crippen LogP contribution in [0.1, 0.15) is 39.5 Å². The smallest absolute Gasteiger partial charge is 0.311 e. The van der Waals surface area contributed by atoms with Gasteiger partial charge in [0.05, 0.1) is 5.92 Å². The summed E-state index contributed by atoms with van der Waals surface area (Å²) in [7, 11) is 1.65. The van der Waals surface area contributed by atoms with Crippen LogP contribution in [0.4, 0.5) is 5.69 Å². The van der Waals surface area contributed by atoms with Crippen molar-refractivity contribution in [2.24, 2.45) is 17.8 Å². The Bertz CT molecular complexity index is 721. The van der Waals surface area contributed by atoms with Gasteiger partial charge in [-0.05, 0) is 30.4 Å². The molecule has 0 bridgehead atoms. The molecule has 0 unspecified atom stereocenters. The van der Waals surface area contributed by atoms with Crippen LogP contribution < -0.4 is 4.90 Å². The van der Waals surface area contributed by atoms with E-state index in [0.29, 0.717) is 18.4 Å². The van der Waals surface area contributed by atoms with Crippen LogP contribution in [0.15, 0.2) is 30.3 Å². The number of hydrogen-bond acceptors (Lipinski definition) is 4. The Morgan fingerprint density at radius 3 is 2.61 bits per heavy atom. The van der Waals surface area contributed by atoms with Gasteiger partial charge in [-0.2, -0.15) is 0 Å². The van der Waals surface area contributed by atoms with Gasteiger partial charge in [-0.25, -0.2) is 0 Å². The maximum atomic E-state index is 12.5. The molecule has 0 spiro atoms. The molecule has 1 aromatic rings. The molecule has 1 saturated carbocycles. The van der Waals surface area contributed by atoms with E-state index in [-0.39, 0.29) is 30.9 Å². The minimum absolute atomic E-state index is 0.0284. The fourth-order valence-electron chi connectivity index (χ4n) is 4.35. The van der Waals surface area contributed by atoms with Crippen LogP contribution in [-0.4, -0.2) is 48.9 Å². The van der Waals surface area contributed by atoms with E-state index in [1.165, 1.54) is 11.3 Å². The maximum Gasteiger partial charge on any atom is 0.311 e. The zero-order chi connectivity index (χ0) is 20.3. The summed E-state index contributed by atoms with van der Waals surface area (Å²) in [6.07, 6.45) is 3.50. The number of para-hydroxylation sites is 1. The SMILES string of the molecule is C[C@H]1[C@H](N2C[C@H](C(=O)OCC(=O)N(C)c3ccccc3)CC2=O)CCC[C@@H]1C. The molecule has 2 aliphatic rings. The molecule has 1 heterocycles. The zero-order valence-electron chi connectivity index (χ0n) is 17.0. The summed E-state index contributed by atoms with van der Waals surface area (Å²) in [5.74, 6) is -0.178. The van der Waals surface area contributed by atoms with Crippen molar-refractivity contribution in [2.45, 2.75) is 45.6 Å². The van der Waals surface area contributed by atoms with Gasteiger partial charge in [0.2, 0.25) is 5.91 Å². The van der Waals surface area contributed by atoms with Gasteiger partial charge in [0, 0.05) is 31.7 Å². The zero-order valence-corrected chi connectivity index (χ0v) is 17.0. The number of benzene rings is 1. The Balaban J connectivity index is 1.52. The van der Waals surface area contributed by atoms with Gasteiger partial charge < -0.3 is 14.5 Å². The number of likely N-dealkylation sites (tertiary alicyclic amines) is 1. The van der Waals surface area contributed by atoms with Gasteiger partial charge in [0.1, 0.15) is 0 Å². The fraction of sp³-hybridized carbons (Fsp3) is 0.591. The van der Waals surface area contributed by atoms with Crippen LogP contribution >= 0.6 is 0 Å². The molecule has 0 aromatic heterocycles. The Kier molecular flexibility index (Phi) is 6.37. The van der Waals surface area contributed by atoms with Gasteiger partial charge in [-0.3, -0.25) is 14.4 Å². The number of rotatable bonds is 5. The first-order chi connectivity index (χ1) is 13.4. The van der Waals surface area contributed by atoms with Crippen molar-refractivity contribution in [1.29, 1.82) is 0 Å². The molecule has 152 valence electrons. The number of carbonyl (C=O) groups excluding carboxylic acids is 3. The molecule has 0 N–H and O–H groups in total. The number of nitrogens with zero attached hydrogens (tertiary/aromatic N) is 2. The Morgan fingerprint density at radius 1 is 1.18 bits per heavy atom. The Labute approximate surface area is 166 Å². The van der Waals surface area contributed by atoms with E-state index in [2.05, 4.69) is 13.8 Å². The highest BCUT2D eigenvalue weighted by Crippen LogP contribution is 2.35. The van der Waals surface area contributed by atoms with Crippen molar-refractivity contribution in [1.82, 2.24) is 4.90 Å². The number of amides is 2. The second-order valence-electron chi connectivity index (χ2n) is 8.18. The van der Waals surface area contributed by atoms with E-state index in [0.717, 1.165) is 18.5 Å². The molecule has 3 rings (SSSR count). The lowest BCUT2D eigenvalue weighted by Gasteiger charge is -2.39. The molecule has 2 amide bonds. The van der Waals surface area contributed by atoms with Gasteiger partial charge in [0.15, 0.2) is 6.61 Å². The fourth-order valence-corrected chi connectivity index (χ4v) is 4.35. The topological polar surface area (TPSA) is 66.9 Å². The number of ether oxygens (including phenoxy) is 1. The highest BCUT2D eigenvalue weighted by atomic mass is 16.5. The summed E-state index contributed by atoms with van der Waals surface area (Å²) in [5.41, 5.74) is 0.742. The molecule has 2 fully saturated rings. The molecule has 6 heteroatoms. The van der Waals surface area contributed by atoms with Crippen molar-refractivity contribution >= 4 is 23.5 Å². The first-order valence-electron chi connectivity index (χ1n) is 10.2. The molecule has 1 aliphatic heterocycles. The second-order valence-corrected chi connectivity index (χ2v) is 8.18. The van der Waals surface area contributed by atoms with Crippen LogP contribution in [0, 0.1) is 17.8 Å². The number of likely N-dealkylation sites (N-methyl/N-ethyl adjacent to an activating group) is 1. The van der Waals surface area contributed by atoms with E-state index in [4.69, 9.17) is 4.74 Å². The van der Waals surface area contributed by atoms with E-state index in [9.17, 15) is 14.4 Å². The van der Waals surface area contributed by atoms with Gasteiger partial charge in [0.25, 0.3) is 5.91 Å². The van der Waals surface area contributed by atoms with E-state index >= 15 is 0 Å². The van der Waals surface area contributed by atoms with Crippen molar-refractivity contribution < 1.29 is 19.1 Å². The van der Waals surface area contributed by atoms with Crippen molar-refractivity contribution in [2.75, 3.05) is 25.1 Å². The number of esters is 1. The first kappa shape index (κ1) is 20.4. The second kappa shape index (κ2) is 8.76. The molecule has 0 radical (unpaired) electrons. The molecule has 4 atom stereocenters. The number of carbonyl (C=O) groups is 3. The third-order valence-corrected chi connectivity index (χ3v) is 6.41. The lowest BCUT2D eigenvalue weighted by Crippen LogP contribution is -2.45. The Hall–Kier alpha value is -2.37. The largest absolute Gasteiger partial charge is 0.455 e. The molecular weight excluding hydrogens is 356 g/mol. The maximum absolute atomic E-state index is 12.5. The average Bonchev–Trinajstić information content (AvgIpc) is 3.09. The van der Waals surface area contributed by atoms with Crippen LogP contribution in [-0.2, 0) is 19.1 Å². The van der Waals surface area contributed by atoms with E-state index < -0.39 is 11.9 Å². The number of hydrogen-bond donors (Lipinski definition) is 0. The lowest BCUT2D eigenvalue weighted by molar-refractivity contribution is -0.151.